The first-order valence-corrected chi connectivity index (χ1v) is 18.4. The van der Waals surface area contributed by atoms with E-state index in [1.807, 2.05) is 45.0 Å². The van der Waals surface area contributed by atoms with Crippen LogP contribution in [0.1, 0.15) is 58.9 Å². The van der Waals surface area contributed by atoms with Crippen LogP contribution in [0.2, 0.25) is 0 Å². The first kappa shape index (κ1) is 31.4. The molecule has 0 heterocycles. The van der Waals surface area contributed by atoms with Crippen LogP contribution in [-0.4, -0.2) is 33.1 Å². The van der Waals surface area contributed by atoms with Crippen LogP contribution in [0.15, 0.2) is 107 Å². The summed E-state index contributed by atoms with van der Waals surface area (Å²) in [5.74, 6) is -3.75. The lowest BCUT2D eigenvalue weighted by atomic mass is 9.61. The van der Waals surface area contributed by atoms with Crippen LogP contribution in [0.4, 0.5) is 4.39 Å². The first-order valence-electron chi connectivity index (χ1n) is 15.3. The van der Waals surface area contributed by atoms with Crippen molar-refractivity contribution in [3.05, 3.63) is 131 Å². The summed E-state index contributed by atoms with van der Waals surface area (Å²) in [5.41, 5.74) is 3.83. The van der Waals surface area contributed by atoms with Crippen molar-refractivity contribution < 1.29 is 26.0 Å². The highest BCUT2D eigenvalue weighted by molar-refractivity contribution is 7.92. The van der Waals surface area contributed by atoms with Crippen LogP contribution in [0.3, 0.4) is 0 Å². The number of carbonyl (C=O) groups is 1. The molecular weight excluding hydrogens is 608 g/mol. The number of fused-ring (bicyclic) bond motifs is 1. The molecule has 0 spiro atoms. The normalized spacial score (nSPS) is 25.5. The van der Waals surface area contributed by atoms with Crippen LogP contribution in [0, 0.1) is 38.4 Å². The molecule has 0 bridgehead atoms. The van der Waals surface area contributed by atoms with Gasteiger partial charge in [0, 0.05) is 24.2 Å². The van der Waals surface area contributed by atoms with Gasteiger partial charge in [0.1, 0.15) is 11.6 Å². The highest BCUT2D eigenvalue weighted by Crippen LogP contribution is 2.54. The predicted molar refractivity (Wildman–Crippen MR) is 173 cm³/mol. The molecule has 4 aromatic carbocycles. The van der Waals surface area contributed by atoms with Gasteiger partial charge in [-0.25, -0.2) is 21.2 Å². The topological polar surface area (TPSA) is 85.3 Å². The van der Waals surface area contributed by atoms with Gasteiger partial charge in [-0.3, -0.25) is 4.79 Å². The van der Waals surface area contributed by atoms with Gasteiger partial charge in [0.05, 0.1) is 20.3 Å². The Morgan fingerprint density at radius 1 is 0.600 bits per heavy atom. The standard InChI is InChI=1S/C37H37FO5S2/c1-23-8-14-26(15-9-23)30-20-32-31(22-36(30)44(40,41)27-16-10-24(2)11-17-27)35(39)21-33(29-6-4-5-7-34(29)38)37(32)45(42,43)28-18-12-25(3)13-19-28/h4-19,30-33,36-37H,20-22H2,1-3H3/t30-,31+,32-,33-,36?,37?/m0/s1. The number of Topliss-reactive ketones (excluding diaryl/α,β-unsaturated/α-hetero) is 1. The van der Waals surface area contributed by atoms with E-state index in [4.69, 9.17) is 0 Å². The summed E-state index contributed by atoms with van der Waals surface area (Å²) < 4.78 is 73.2. The van der Waals surface area contributed by atoms with E-state index in [0.29, 0.717) is 0 Å². The third-order valence-electron chi connectivity index (χ3n) is 9.90. The lowest BCUT2D eigenvalue weighted by molar-refractivity contribution is -0.128. The molecule has 45 heavy (non-hydrogen) atoms. The highest BCUT2D eigenvalue weighted by Gasteiger charge is 2.56. The van der Waals surface area contributed by atoms with Gasteiger partial charge in [-0.05, 0) is 81.0 Å². The predicted octanol–water partition coefficient (Wildman–Crippen LogP) is 7.30. The van der Waals surface area contributed by atoms with Gasteiger partial charge in [-0.1, -0.05) is 83.4 Å². The zero-order valence-electron chi connectivity index (χ0n) is 25.6. The van der Waals surface area contributed by atoms with Crippen LogP contribution < -0.4 is 0 Å². The van der Waals surface area contributed by atoms with E-state index in [1.165, 1.54) is 6.07 Å². The third-order valence-corrected chi connectivity index (χ3v) is 14.5. The Kier molecular flexibility index (Phi) is 8.33. The number of carbonyl (C=O) groups excluding carboxylic acids is 1. The third kappa shape index (κ3) is 5.79. The van der Waals surface area contributed by atoms with Gasteiger partial charge >= 0.3 is 0 Å². The molecule has 4 aromatic rings. The second-order valence-corrected chi connectivity index (χ2v) is 17.0. The molecule has 0 aromatic heterocycles. The Balaban J connectivity index is 1.52. The number of rotatable bonds is 6. The van der Waals surface area contributed by atoms with Crippen molar-refractivity contribution in [2.45, 2.75) is 72.2 Å². The zero-order chi connectivity index (χ0) is 32.1. The number of hydrogen-bond acceptors (Lipinski definition) is 5. The second kappa shape index (κ2) is 12.0. The molecule has 5 nitrogen and oxygen atoms in total. The number of sulfone groups is 2. The van der Waals surface area contributed by atoms with E-state index in [-0.39, 0.29) is 40.4 Å². The number of hydrogen-bond donors (Lipinski definition) is 0. The molecule has 0 amide bonds. The molecule has 2 aliphatic rings. The fourth-order valence-electron chi connectivity index (χ4n) is 7.52. The minimum absolute atomic E-state index is 0.00215. The Hall–Kier alpha value is -3.62. The molecule has 234 valence electrons. The minimum atomic E-state index is -4.08. The van der Waals surface area contributed by atoms with Crippen molar-refractivity contribution in [1.82, 2.24) is 0 Å². The Morgan fingerprint density at radius 2 is 1.11 bits per heavy atom. The molecule has 0 N–H and O–H groups in total. The summed E-state index contributed by atoms with van der Waals surface area (Å²) in [7, 11) is -7.98. The van der Waals surface area contributed by atoms with Gasteiger partial charge in [-0.2, -0.15) is 0 Å². The minimum Gasteiger partial charge on any atom is -0.299 e. The van der Waals surface area contributed by atoms with Crippen LogP contribution in [-0.2, 0) is 24.5 Å². The van der Waals surface area contributed by atoms with Gasteiger partial charge in [-0.15, -0.1) is 0 Å². The quantitative estimate of drug-likeness (QED) is 0.220. The summed E-state index contributed by atoms with van der Waals surface area (Å²) in [6.07, 6.45) is -0.0115. The van der Waals surface area contributed by atoms with Crippen LogP contribution in [0.25, 0.3) is 0 Å². The van der Waals surface area contributed by atoms with Gasteiger partial charge in [0.2, 0.25) is 0 Å². The number of ketones is 1. The lowest BCUT2D eigenvalue weighted by Gasteiger charge is -2.48. The monoisotopic (exact) mass is 644 g/mol. The average Bonchev–Trinajstić information content (AvgIpc) is 3.01. The maximum atomic E-state index is 15.4. The van der Waals surface area contributed by atoms with Crippen molar-refractivity contribution in [3.63, 3.8) is 0 Å². The lowest BCUT2D eigenvalue weighted by Crippen LogP contribution is -2.53. The van der Waals surface area contributed by atoms with E-state index >= 15 is 4.39 Å². The van der Waals surface area contributed by atoms with E-state index in [0.717, 1.165) is 22.3 Å². The summed E-state index contributed by atoms with van der Waals surface area (Å²) in [6.45, 7) is 5.71. The molecule has 0 radical (unpaired) electrons. The van der Waals surface area contributed by atoms with Crippen molar-refractivity contribution in [2.24, 2.45) is 11.8 Å². The summed E-state index contributed by atoms with van der Waals surface area (Å²) in [5, 5.41) is -2.04. The van der Waals surface area contributed by atoms with Crippen LogP contribution >= 0.6 is 0 Å². The fraction of sp³-hybridized carbons (Fsp3) is 0.324. The maximum Gasteiger partial charge on any atom is 0.182 e. The van der Waals surface area contributed by atoms with Crippen molar-refractivity contribution >= 4 is 25.5 Å². The van der Waals surface area contributed by atoms with Gasteiger partial charge < -0.3 is 0 Å². The molecule has 2 fully saturated rings. The first-order chi connectivity index (χ1) is 21.4. The van der Waals surface area contributed by atoms with E-state index < -0.39 is 59.7 Å². The van der Waals surface area contributed by atoms with E-state index in [1.54, 1.807) is 66.7 Å². The highest BCUT2D eigenvalue weighted by atomic mass is 32.2. The molecule has 6 atom stereocenters. The van der Waals surface area contributed by atoms with Gasteiger partial charge in [0.15, 0.2) is 19.7 Å². The second-order valence-electron chi connectivity index (χ2n) is 12.8. The zero-order valence-corrected chi connectivity index (χ0v) is 27.2. The molecule has 2 saturated carbocycles. The van der Waals surface area contributed by atoms with E-state index in [9.17, 15) is 21.6 Å². The Labute approximate surface area is 265 Å². The molecular formula is C37H37FO5S2. The molecule has 8 heteroatoms. The average molecular weight is 645 g/mol. The molecule has 2 aliphatic carbocycles. The molecule has 2 unspecified atom stereocenters. The number of halogens is 1. The summed E-state index contributed by atoms with van der Waals surface area (Å²) in [6, 6.07) is 27.0. The van der Waals surface area contributed by atoms with E-state index in [2.05, 4.69) is 0 Å². The van der Waals surface area contributed by atoms with Gasteiger partial charge in [0.25, 0.3) is 0 Å². The smallest absolute Gasteiger partial charge is 0.182 e. The SMILES string of the molecule is Cc1ccc([C@@H]2C[C@@H]3C(S(=O)(=O)c4ccc(C)cc4)[C@H](c4ccccc4F)CC(=O)[C@@H]3CC2S(=O)(=O)c2ccc(C)cc2)cc1. The Morgan fingerprint density at radius 3 is 1.67 bits per heavy atom. The largest absolute Gasteiger partial charge is 0.299 e. The summed E-state index contributed by atoms with van der Waals surface area (Å²) >= 11 is 0. The molecule has 0 saturated heterocycles. The number of aryl methyl sites for hydroxylation is 3. The molecule has 6 rings (SSSR count). The summed E-state index contributed by atoms with van der Waals surface area (Å²) in [4.78, 5) is 14.3. The van der Waals surface area contributed by atoms with Crippen molar-refractivity contribution in [2.75, 3.05) is 0 Å². The van der Waals surface area contributed by atoms with Crippen LogP contribution in [0.5, 0.6) is 0 Å². The Bertz CT molecular complexity index is 1930. The molecule has 0 aliphatic heterocycles. The number of benzene rings is 4. The van der Waals surface area contributed by atoms with Crippen molar-refractivity contribution in [3.8, 4) is 0 Å². The fourth-order valence-corrected chi connectivity index (χ4v) is 11.8. The van der Waals surface area contributed by atoms with Crippen molar-refractivity contribution in [1.29, 1.82) is 0 Å². The maximum absolute atomic E-state index is 15.4.